The third-order valence-electron chi connectivity index (χ3n) is 4.52. The topological polar surface area (TPSA) is 15.3 Å². The maximum absolute atomic E-state index is 3.55. The van der Waals surface area contributed by atoms with Gasteiger partial charge < -0.3 is 5.32 Å². The van der Waals surface area contributed by atoms with Crippen molar-refractivity contribution in [3.8, 4) is 0 Å². The van der Waals surface area contributed by atoms with Gasteiger partial charge in [0.25, 0.3) is 0 Å². The number of anilines is 1. The van der Waals surface area contributed by atoms with Gasteiger partial charge in [-0.05, 0) is 42.9 Å². The summed E-state index contributed by atoms with van der Waals surface area (Å²) in [7, 11) is 0. The fraction of sp³-hybridized carbons (Fsp3) is 0.625. The average Bonchev–Trinajstić information content (AvgIpc) is 2.81. The number of nitrogens with one attached hydrogen (secondary N) is 1. The molecule has 2 nitrogen and oxygen atoms in total. The molecule has 1 aromatic rings. The lowest BCUT2D eigenvalue weighted by molar-refractivity contribution is 0.178. The minimum absolute atomic E-state index is 0.967. The summed E-state index contributed by atoms with van der Waals surface area (Å²) in [6.45, 7) is 6.97. The van der Waals surface area contributed by atoms with Gasteiger partial charge in [0.2, 0.25) is 0 Å². The Balaban J connectivity index is 1.68. The lowest BCUT2D eigenvalue weighted by Gasteiger charge is -2.32. The summed E-state index contributed by atoms with van der Waals surface area (Å²) in [5.41, 5.74) is 4.42. The van der Waals surface area contributed by atoms with Crippen molar-refractivity contribution < 1.29 is 0 Å². The van der Waals surface area contributed by atoms with Crippen molar-refractivity contribution in [3.05, 3.63) is 29.3 Å². The van der Waals surface area contributed by atoms with E-state index in [1.807, 2.05) is 0 Å². The van der Waals surface area contributed by atoms with E-state index in [0.29, 0.717) is 0 Å². The Bertz CT molecular complexity index is 410. The molecule has 2 aliphatic rings. The molecule has 0 amide bonds. The van der Waals surface area contributed by atoms with Crippen molar-refractivity contribution >= 4 is 5.69 Å². The van der Waals surface area contributed by atoms with Gasteiger partial charge in [0.05, 0.1) is 0 Å². The molecule has 1 aliphatic carbocycles. The smallest absolute Gasteiger partial charge is 0.0419 e. The number of benzene rings is 1. The highest BCUT2D eigenvalue weighted by atomic mass is 15.1. The van der Waals surface area contributed by atoms with E-state index in [2.05, 4.69) is 35.3 Å². The van der Waals surface area contributed by atoms with Crippen LogP contribution < -0.4 is 5.32 Å². The first-order valence-electron chi connectivity index (χ1n) is 7.44. The fourth-order valence-electron chi connectivity index (χ4n) is 3.13. The summed E-state index contributed by atoms with van der Waals surface area (Å²) in [5.74, 6) is 0.967. The maximum atomic E-state index is 3.55. The lowest BCUT2D eigenvalue weighted by atomic mass is 9.85. The molecule has 1 heterocycles. The standard InChI is InChI=1S/C16H24N2/c1-2-18(11-13-5-3-6-13)12-15-8-4-7-14-9-10-17-16(14)15/h4,7-8,13,17H,2-3,5-6,9-12H2,1H3. The Morgan fingerprint density at radius 1 is 1.33 bits per heavy atom. The van der Waals surface area contributed by atoms with E-state index < -0.39 is 0 Å². The van der Waals surface area contributed by atoms with Gasteiger partial charge in [-0.25, -0.2) is 0 Å². The Morgan fingerprint density at radius 3 is 2.94 bits per heavy atom. The summed E-state index contributed by atoms with van der Waals surface area (Å²) >= 11 is 0. The summed E-state index contributed by atoms with van der Waals surface area (Å²) in [5, 5.41) is 3.55. The third-order valence-corrected chi connectivity index (χ3v) is 4.52. The molecule has 0 atom stereocenters. The van der Waals surface area contributed by atoms with Gasteiger partial charge >= 0.3 is 0 Å². The van der Waals surface area contributed by atoms with Crippen LogP contribution in [0.1, 0.15) is 37.3 Å². The van der Waals surface area contributed by atoms with Crippen LogP contribution in [0.4, 0.5) is 5.69 Å². The number of rotatable bonds is 5. The molecule has 1 saturated carbocycles. The molecule has 0 saturated heterocycles. The van der Waals surface area contributed by atoms with Crippen molar-refractivity contribution in [3.63, 3.8) is 0 Å². The van der Waals surface area contributed by atoms with Crippen molar-refractivity contribution in [1.29, 1.82) is 0 Å². The molecule has 0 unspecified atom stereocenters. The summed E-state index contributed by atoms with van der Waals surface area (Å²) < 4.78 is 0. The van der Waals surface area contributed by atoms with Crippen LogP contribution in [0.25, 0.3) is 0 Å². The van der Waals surface area contributed by atoms with E-state index in [0.717, 1.165) is 19.0 Å². The van der Waals surface area contributed by atoms with Crippen molar-refractivity contribution in [2.75, 3.05) is 25.0 Å². The molecule has 2 heteroatoms. The van der Waals surface area contributed by atoms with Crippen LogP contribution in [-0.2, 0) is 13.0 Å². The van der Waals surface area contributed by atoms with E-state index in [-0.39, 0.29) is 0 Å². The van der Waals surface area contributed by atoms with E-state index in [1.165, 1.54) is 55.6 Å². The highest BCUT2D eigenvalue weighted by molar-refractivity contribution is 5.61. The van der Waals surface area contributed by atoms with Crippen molar-refractivity contribution in [1.82, 2.24) is 4.90 Å². The second-order valence-electron chi connectivity index (χ2n) is 5.75. The Morgan fingerprint density at radius 2 is 2.22 bits per heavy atom. The van der Waals surface area contributed by atoms with Gasteiger partial charge in [-0.2, -0.15) is 0 Å². The lowest BCUT2D eigenvalue weighted by Crippen LogP contribution is -2.32. The molecule has 1 fully saturated rings. The molecule has 18 heavy (non-hydrogen) atoms. The summed E-state index contributed by atoms with van der Waals surface area (Å²) in [6, 6.07) is 6.78. The molecule has 0 radical (unpaired) electrons. The van der Waals surface area contributed by atoms with Crippen LogP contribution in [0.2, 0.25) is 0 Å². The Hall–Kier alpha value is -1.02. The molecule has 98 valence electrons. The molecule has 1 aromatic carbocycles. The van der Waals surface area contributed by atoms with Crippen LogP contribution in [-0.4, -0.2) is 24.5 Å². The number of para-hydroxylation sites is 1. The average molecular weight is 244 g/mol. The van der Waals surface area contributed by atoms with E-state index in [4.69, 9.17) is 0 Å². The number of fused-ring (bicyclic) bond motifs is 1. The van der Waals surface area contributed by atoms with Crippen molar-refractivity contribution in [2.24, 2.45) is 5.92 Å². The van der Waals surface area contributed by atoms with Gasteiger partial charge in [0, 0.05) is 25.3 Å². The monoisotopic (exact) mass is 244 g/mol. The van der Waals surface area contributed by atoms with E-state index >= 15 is 0 Å². The summed E-state index contributed by atoms with van der Waals surface area (Å²) in [4.78, 5) is 2.61. The van der Waals surface area contributed by atoms with Gasteiger partial charge in [0.15, 0.2) is 0 Å². The zero-order chi connectivity index (χ0) is 12.4. The second kappa shape index (κ2) is 5.31. The molecule has 1 aliphatic heterocycles. The van der Waals surface area contributed by atoms with Crippen LogP contribution in [0.3, 0.4) is 0 Å². The normalized spacial score (nSPS) is 18.6. The van der Waals surface area contributed by atoms with Gasteiger partial charge in [-0.1, -0.05) is 31.5 Å². The van der Waals surface area contributed by atoms with Crippen LogP contribution >= 0.6 is 0 Å². The number of nitrogens with zero attached hydrogens (tertiary/aromatic N) is 1. The molecule has 0 aromatic heterocycles. The largest absolute Gasteiger partial charge is 0.384 e. The first kappa shape index (κ1) is 12.0. The third kappa shape index (κ3) is 2.39. The quantitative estimate of drug-likeness (QED) is 0.855. The van der Waals surface area contributed by atoms with Gasteiger partial charge in [0.1, 0.15) is 0 Å². The molecular formula is C16H24N2. The minimum atomic E-state index is 0.967. The zero-order valence-corrected chi connectivity index (χ0v) is 11.4. The van der Waals surface area contributed by atoms with E-state index in [9.17, 15) is 0 Å². The molecule has 0 spiro atoms. The number of hydrogen-bond acceptors (Lipinski definition) is 2. The molecule has 3 rings (SSSR count). The van der Waals surface area contributed by atoms with Gasteiger partial charge in [-0.3, -0.25) is 4.90 Å². The first-order valence-corrected chi connectivity index (χ1v) is 7.44. The van der Waals surface area contributed by atoms with Crippen LogP contribution in [0.15, 0.2) is 18.2 Å². The predicted molar refractivity (Wildman–Crippen MR) is 76.9 cm³/mol. The number of hydrogen-bond donors (Lipinski definition) is 1. The second-order valence-corrected chi connectivity index (χ2v) is 5.75. The summed E-state index contributed by atoms with van der Waals surface area (Å²) in [6.07, 6.45) is 5.53. The first-order chi connectivity index (χ1) is 8.86. The molecular weight excluding hydrogens is 220 g/mol. The Kier molecular flexibility index (Phi) is 3.55. The van der Waals surface area contributed by atoms with Gasteiger partial charge in [-0.15, -0.1) is 0 Å². The fourth-order valence-corrected chi connectivity index (χ4v) is 3.13. The minimum Gasteiger partial charge on any atom is -0.384 e. The maximum Gasteiger partial charge on any atom is 0.0419 e. The van der Waals surface area contributed by atoms with Crippen molar-refractivity contribution in [2.45, 2.75) is 39.2 Å². The Labute approximate surface area is 110 Å². The molecule has 1 N–H and O–H groups in total. The van der Waals surface area contributed by atoms with Crippen LogP contribution in [0, 0.1) is 5.92 Å². The molecule has 0 bridgehead atoms. The van der Waals surface area contributed by atoms with E-state index in [1.54, 1.807) is 0 Å². The van der Waals surface area contributed by atoms with Crippen LogP contribution in [0.5, 0.6) is 0 Å². The highest BCUT2D eigenvalue weighted by Gasteiger charge is 2.21. The highest BCUT2D eigenvalue weighted by Crippen LogP contribution is 2.30. The predicted octanol–water partition coefficient (Wildman–Crippen LogP) is 3.28. The zero-order valence-electron chi connectivity index (χ0n) is 11.4. The SMILES string of the molecule is CCN(Cc1cccc2c1NCC2)CC1CCC1.